The lowest BCUT2D eigenvalue weighted by molar-refractivity contribution is -0.117. The minimum absolute atomic E-state index is 0.164. The van der Waals surface area contributed by atoms with Crippen LogP contribution in [0, 0.1) is 11.3 Å². The van der Waals surface area contributed by atoms with E-state index >= 15 is 0 Å². The van der Waals surface area contributed by atoms with Crippen LogP contribution in [0.4, 0.5) is 0 Å². The lowest BCUT2D eigenvalue weighted by Gasteiger charge is -2.34. The summed E-state index contributed by atoms with van der Waals surface area (Å²) < 4.78 is 0. The van der Waals surface area contributed by atoms with Crippen molar-refractivity contribution in [2.75, 3.05) is 6.54 Å². The topological polar surface area (TPSA) is 56.1 Å². The fourth-order valence-corrected chi connectivity index (χ4v) is 3.79. The first-order chi connectivity index (χ1) is 13.7. The normalized spacial score (nSPS) is 17.2. The molecule has 1 aliphatic rings. The number of carbonyl (C=O) groups is 1. The van der Waals surface area contributed by atoms with Gasteiger partial charge in [0.1, 0.15) is 11.6 Å². The summed E-state index contributed by atoms with van der Waals surface area (Å²) in [5.41, 5.74) is 2.14. The van der Waals surface area contributed by atoms with E-state index in [4.69, 9.17) is 0 Å². The van der Waals surface area contributed by atoms with Gasteiger partial charge >= 0.3 is 0 Å². The first-order valence-corrected chi connectivity index (χ1v) is 10.0. The van der Waals surface area contributed by atoms with Crippen molar-refractivity contribution in [3.8, 4) is 6.07 Å². The second-order valence-corrected chi connectivity index (χ2v) is 7.18. The van der Waals surface area contributed by atoms with Crippen LogP contribution in [-0.2, 0) is 4.79 Å². The van der Waals surface area contributed by atoms with Crippen LogP contribution < -0.4 is 5.32 Å². The van der Waals surface area contributed by atoms with E-state index in [0.717, 1.165) is 36.9 Å². The number of carbonyl (C=O) groups excluding carboxylic acids is 1. The zero-order valence-corrected chi connectivity index (χ0v) is 16.3. The number of nitrogens with one attached hydrogen (secondary N) is 1. The van der Waals surface area contributed by atoms with Gasteiger partial charge in [-0.1, -0.05) is 67.6 Å². The molecule has 0 bridgehead atoms. The molecule has 4 nitrogen and oxygen atoms in total. The van der Waals surface area contributed by atoms with Gasteiger partial charge in [-0.2, -0.15) is 5.26 Å². The molecule has 1 heterocycles. The van der Waals surface area contributed by atoms with Crippen molar-refractivity contribution in [2.45, 2.75) is 44.7 Å². The van der Waals surface area contributed by atoms with Crippen molar-refractivity contribution < 1.29 is 4.79 Å². The van der Waals surface area contributed by atoms with Crippen molar-refractivity contribution in [1.29, 1.82) is 5.26 Å². The Bertz CT molecular complexity index is 800. The van der Waals surface area contributed by atoms with Crippen LogP contribution in [-0.4, -0.2) is 23.4 Å². The highest BCUT2D eigenvalue weighted by Crippen LogP contribution is 2.23. The Hall–Kier alpha value is -3.06. The maximum Gasteiger partial charge on any atom is 0.264 e. The van der Waals surface area contributed by atoms with Crippen molar-refractivity contribution >= 4 is 5.91 Å². The number of hydrogen-bond donors (Lipinski definition) is 1. The number of amides is 1. The Morgan fingerprint density at radius 2 is 1.75 bits per heavy atom. The summed E-state index contributed by atoms with van der Waals surface area (Å²) in [5.74, 6) is -0.333. The fraction of sp³-hybridized carbons (Fsp3) is 0.333. The molecule has 1 aliphatic heterocycles. The smallest absolute Gasteiger partial charge is 0.264 e. The average molecular weight is 374 g/mol. The maximum atomic E-state index is 13.0. The quantitative estimate of drug-likeness (QED) is 0.596. The predicted octanol–water partition coefficient (Wildman–Crippen LogP) is 4.56. The van der Waals surface area contributed by atoms with Crippen LogP contribution in [0.3, 0.4) is 0 Å². The Kier molecular flexibility index (Phi) is 6.86. The summed E-state index contributed by atoms with van der Waals surface area (Å²) in [6.45, 7) is 3.06. The molecule has 1 saturated heterocycles. The number of nitriles is 1. The van der Waals surface area contributed by atoms with Gasteiger partial charge in [-0.05, 0) is 36.8 Å². The SMILES string of the molecule is CCC1CCCCN1/C=C(/C#N)C(=O)NC(c1ccccc1)c1ccccc1. The second-order valence-electron chi connectivity index (χ2n) is 7.18. The van der Waals surface area contributed by atoms with Crippen LogP contribution in [0.5, 0.6) is 0 Å². The van der Waals surface area contributed by atoms with Gasteiger partial charge in [0.25, 0.3) is 5.91 Å². The number of likely N-dealkylation sites (tertiary alicyclic amines) is 1. The largest absolute Gasteiger partial charge is 0.373 e. The molecule has 1 amide bonds. The van der Waals surface area contributed by atoms with E-state index in [0.29, 0.717) is 6.04 Å². The van der Waals surface area contributed by atoms with Gasteiger partial charge in [0.2, 0.25) is 0 Å². The van der Waals surface area contributed by atoms with E-state index in [1.54, 1.807) is 6.20 Å². The summed E-state index contributed by atoms with van der Waals surface area (Å²) in [4.78, 5) is 15.1. The summed E-state index contributed by atoms with van der Waals surface area (Å²) >= 11 is 0. The summed E-state index contributed by atoms with van der Waals surface area (Å²) in [6, 6.07) is 21.9. The molecule has 0 aliphatic carbocycles. The predicted molar refractivity (Wildman–Crippen MR) is 111 cm³/mol. The van der Waals surface area contributed by atoms with Gasteiger partial charge in [0, 0.05) is 18.8 Å². The number of hydrogen-bond acceptors (Lipinski definition) is 3. The monoisotopic (exact) mass is 373 g/mol. The highest BCUT2D eigenvalue weighted by molar-refractivity contribution is 5.97. The molecular formula is C24H27N3O. The standard InChI is InChI=1S/C24H27N3O/c1-2-22-15-9-10-16-27(22)18-21(17-25)24(28)26-23(19-11-5-3-6-12-19)20-13-7-4-8-14-20/h3-8,11-14,18,22-23H,2,9-10,15-16H2,1H3,(H,26,28)/b21-18-. The lowest BCUT2D eigenvalue weighted by Crippen LogP contribution is -2.37. The molecular weight excluding hydrogens is 346 g/mol. The van der Waals surface area contributed by atoms with E-state index in [9.17, 15) is 10.1 Å². The van der Waals surface area contributed by atoms with Crippen LogP contribution in [0.2, 0.25) is 0 Å². The first kappa shape index (κ1) is 19.7. The molecule has 1 N–H and O–H groups in total. The fourth-order valence-electron chi connectivity index (χ4n) is 3.79. The van der Waals surface area contributed by atoms with Crippen molar-refractivity contribution in [3.05, 3.63) is 83.6 Å². The molecule has 1 atom stereocenters. The third-order valence-corrected chi connectivity index (χ3v) is 5.35. The Labute approximate surface area is 167 Å². The van der Waals surface area contributed by atoms with Gasteiger partial charge in [-0.15, -0.1) is 0 Å². The van der Waals surface area contributed by atoms with Gasteiger partial charge in [0.05, 0.1) is 6.04 Å². The third kappa shape index (κ3) is 4.80. The van der Waals surface area contributed by atoms with Gasteiger partial charge in [-0.25, -0.2) is 0 Å². The number of benzene rings is 2. The lowest BCUT2D eigenvalue weighted by atomic mass is 9.98. The molecule has 1 fully saturated rings. The molecule has 0 radical (unpaired) electrons. The Morgan fingerprint density at radius 1 is 1.14 bits per heavy atom. The van der Waals surface area contributed by atoms with Gasteiger partial charge in [0.15, 0.2) is 0 Å². The highest BCUT2D eigenvalue weighted by atomic mass is 16.1. The Balaban J connectivity index is 1.84. The van der Waals surface area contributed by atoms with E-state index in [-0.39, 0.29) is 17.5 Å². The minimum Gasteiger partial charge on any atom is -0.373 e. The zero-order chi connectivity index (χ0) is 19.8. The number of piperidine rings is 1. The van der Waals surface area contributed by atoms with E-state index in [2.05, 4.69) is 23.2 Å². The first-order valence-electron chi connectivity index (χ1n) is 10.0. The van der Waals surface area contributed by atoms with Crippen LogP contribution in [0.1, 0.15) is 49.8 Å². The van der Waals surface area contributed by atoms with Gasteiger partial charge in [-0.3, -0.25) is 4.79 Å². The van der Waals surface area contributed by atoms with Crippen molar-refractivity contribution in [3.63, 3.8) is 0 Å². The highest BCUT2D eigenvalue weighted by Gasteiger charge is 2.22. The number of rotatable bonds is 6. The summed E-state index contributed by atoms with van der Waals surface area (Å²) in [7, 11) is 0. The maximum absolute atomic E-state index is 13.0. The zero-order valence-electron chi connectivity index (χ0n) is 16.3. The molecule has 2 aromatic rings. The molecule has 4 heteroatoms. The molecule has 1 unspecified atom stereocenters. The number of nitrogens with zero attached hydrogens (tertiary/aromatic N) is 2. The Morgan fingerprint density at radius 3 is 2.29 bits per heavy atom. The molecule has 2 aromatic carbocycles. The molecule has 144 valence electrons. The summed E-state index contributed by atoms with van der Waals surface area (Å²) in [6.07, 6.45) is 6.21. The third-order valence-electron chi connectivity index (χ3n) is 5.35. The average Bonchev–Trinajstić information content (AvgIpc) is 2.77. The summed E-state index contributed by atoms with van der Waals surface area (Å²) in [5, 5.41) is 12.7. The van der Waals surface area contributed by atoms with Crippen LogP contribution in [0.25, 0.3) is 0 Å². The molecule has 0 saturated carbocycles. The molecule has 28 heavy (non-hydrogen) atoms. The van der Waals surface area contributed by atoms with E-state index < -0.39 is 0 Å². The second kappa shape index (κ2) is 9.75. The van der Waals surface area contributed by atoms with Crippen LogP contribution in [0.15, 0.2) is 72.4 Å². The molecule has 0 spiro atoms. The van der Waals surface area contributed by atoms with Crippen molar-refractivity contribution in [2.24, 2.45) is 0 Å². The minimum atomic E-state index is -0.333. The molecule has 3 rings (SSSR count). The van der Waals surface area contributed by atoms with E-state index in [1.165, 1.54) is 6.42 Å². The van der Waals surface area contributed by atoms with Crippen molar-refractivity contribution in [1.82, 2.24) is 10.2 Å². The van der Waals surface area contributed by atoms with Gasteiger partial charge < -0.3 is 10.2 Å². The van der Waals surface area contributed by atoms with Crippen LogP contribution >= 0.6 is 0 Å². The molecule has 0 aromatic heterocycles. The van der Waals surface area contributed by atoms with E-state index in [1.807, 2.05) is 60.7 Å².